The first-order valence-electron chi connectivity index (χ1n) is 7.62. The van der Waals surface area contributed by atoms with Gasteiger partial charge in [-0.05, 0) is 37.6 Å². The predicted octanol–water partition coefficient (Wildman–Crippen LogP) is 3.00. The molecule has 0 aliphatic carbocycles. The van der Waals surface area contributed by atoms with Gasteiger partial charge in [0.05, 0.1) is 17.1 Å². The predicted molar refractivity (Wildman–Crippen MR) is 90.3 cm³/mol. The number of hydrogen-bond donors (Lipinski definition) is 1. The summed E-state index contributed by atoms with van der Waals surface area (Å²) >= 11 is 12.0. The van der Waals surface area contributed by atoms with Crippen molar-refractivity contribution in [2.24, 2.45) is 0 Å². The summed E-state index contributed by atoms with van der Waals surface area (Å²) in [4.78, 5) is 27.2. The maximum Gasteiger partial charge on any atom is 0.317 e. The lowest BCUT2D eigenvalue weighted by atomic mass is 10.0. The molecule has 126 valence electrons. The number of carboxylic acid groups (broad SMARTS) is 1. The molecule has 2 rings (SSSR count). The molecule has 1 heterocycles. The molecule has 1 aromatic carbocycles. The van der Waals surface area contributed by atoms with Gasteiger partial charge in [0, 0.05) is 24.2 Å². The fourth-order valence-electron chi connectivity index (χ4n) is 2.94. The van der Waals surface area contributed by atoms with Gasteiger partial charge in [0.25, 0.3) is 5.91 Å². The van der Waals surface area contributed by atoms with E-state index in [0.29, 0.717) is 35.2 Å². The van der Waals surface area contributed by atoms with Gasteiger partial charge < -0.3 is 10.0 Å². The van der Waals surface area contributed by atoms with E-state index in [9.17, 15) is 9.59 Å². The molecule has 1 N–H and O–H groups in total. The number of carbonyl (C=O) groups is 2. The summed E-state index contributed by atoms with van der Waals surface area (Å²) in [6.45, 7) is 3.87. The topological polar surface area (TPSA) is 60.9 Å². The number of carboxylic acids is 1. The molecule has 0 radical (unpaired) electrons. The fraction of sp³-hybridized carbons (Fsp3) is 0.500. The van der Waals surface area contributed by atoms with Crippen LogP contribution in [0.3, 0.4) is 0 Å². The Hall–Kier alpha value is -1.30. The summed E-state index contributed by atoms with van der Waals surface area (Å²) in [5.41, 5.74) is 0.451. The van der Waals surface area contributed by atoms with Gasteiger partial charge in [0.1, 0.15) is 0 Å². The summed E-state index contributed by atoms with van der Waals surface area (Å²) in [6.07, 6.45) is 1.52. The van der Waals surface area contributed by atoms with Crippen LogP contribution < -0.4 is 0 Å². The lowest BCUT2D eigenvalue weighted by molar-refractivity contribution is -0.139. The Morgan fingerprint density at radius 2 is 1.96 bits per heavy atom. The molecule has 0 unspecified atom stereocenters. The van der Waals surface area contributed by atoms with Crippen LogP contribution in [-0.4, -0.2) is 59.0 Å². The average molecular weight is 359 g/mol. The van der Waals surface area contributed by atoms with Crippen LogP contribution in [0.25, 0.3) is 0 Å². The molecule has 23 heavy (non-hydrogen) atoms. The monoisotopic (exact) mass is 358 g/mol. The Kier molecular flexibility index (Phi) is 6.27. The molecule has 1 saturated heterocycles. The number of piperidine rings is 1. The van der Waals surface area contributed by atoms with Crippen molar-refractivity contribution < 1.29 is 14.7 Å². The molecule has 1 fully saturated rings. The Morgan fingerprint density at radius 1 is 1.30 bits per heavy atom. The number of halogens is 2. The van der Waals surface area contributed by atoms with Crippen LogP contribution >= 0.6 is 23.2 Å². The standard InChI is InChI=1S/C16H20Cl2N2O3/c1-2-19(10-15(21)22)12-5-7-20(8-6-12)16(23)13-4-3-11(17)9-14(13)18/h3-4,9,12H,2,5-8,10H2,1H3,(H,21,22). The van der Waals surface area contributed by atoms with E-state index in [0.717, 1.165) is 12.8 Å². The van der Waals surface area contributed by atoms with Gasteiger partial charge in [-0.1, -0.05) is 30.1 Å². The molecule has 0 bridgehead atoms. The SMILES string of the molecule is CCN(CC(=O)O)C1CCN(C(=O)c2ccc(Cl)cc2Cl)CC1. The molecule has 1 aromatic rings. The van der Waals surface area contributed by atoms with E-state index < -0.39 is 5.97 Å². The number of carbonyl (C=O) groups excluding carboxylic acids is 1. The number of benzene rings is 1. The molecule has 0 aromatic heterocycles. The van der Waals surface area contributed by atoms with E-state index in [2.05, 4.69) is 0 Å². The van der Waals surface area contributed by atoms with Gasteiger partial charge in [0.2, 0.25) is 0 Å². The number of hydrogen-bond acceptors (Lipinski definition) is 3. The lowest BCUT2D eigenvalue weighted by Gasteiger charge is -2.37. The smallest absolute Gasteiger partial charge is 0.317 e. The zero-order chi connectivity index (χ0) is 17.0. The molecule has 1 aliphatic heterocycles. The van der Waals surface area contributed by atoms with E-state index in [1.807, 2.05) is 11.8 Å². The van der Waals surface area contributed by atoms with Crippen molar-refractivity contribution in [1.82, 2.24) is 9.80 Å². The second-order valence-corrected chi connectivity index (χ2v) is 6.45. The van der Waals surface area contributed by atoms with Gasteiger partial charge in [0.15, 0.2) is 0 Å². The molecule has 1 amide bonds. The number of nitrogens with zero attached hydrogens (tertiary/aromatic N) is 2. The number of rotatable bonds is 5. The molecular formula is C16H20Cl2N2O3. The minimum atomic E-state index is -0.821. The first-order chi connectivity index (χ1) is 10.9. The highest BCUT2D eigenvalue weighted by molar-refractivity contribution is 6.36. The van der Waals surface area contributed by atoms with E-state index >= 15 is 0 Å². The zero-order valence-corrected chi connectivity index (χ0v) is 14.5. The van der Waals surface area contributed by atoms with E-state index in [1.54, 1.807) is 23.1 Å². The number of likely N-dealkylation sites (tertiary alicyclic amines) is 1. The van der Waals surface area contributed by atoms with Crippen LogP contribution in [0.15, 0.2) is 18.2 Å². The molecule has 0 spiro atoms. The van der Waals surface area contributed by atoms with E-state index in [-0.39, 0.29) is 18.5 Å². The summed E-state index contributed by atoms with van der Waals surface area (Å²) in [5.74, 6) is -0.926. The maximum atomic E-state index is 12.5. The summed E-state index contributed by atoms with van der Waals surface area (Å²) in [5, 5.41) is 9.81. The summed E-state index contributed by atoms with van der Waals surface area (Å²) in [7, 11) is 0. The highest BCUT2D eigenvalue weighted by Gasteiger charge is 2.28. The molecule has 1 aliphatic rings. The first-order valence-corrected chi connectivity index (χ1v) is 8.38. The number of amides is 1. The highest BCUT2D eigenvalue weighted by atomic mass is 35.5. The van der Waals surface area contributed by atoms with Crippen molar-refractivity contribution in [3.05, 3.63) is 33.8 Å². The van der Waals surface area contributed by atoms with Crippen LogP contribution in [-0.2, 0) is 4.79 Å². The van der Waals surface area contributed by atoms with Crippen molar-refractivity contribution in [2.75, 3.05) is 26.2 Å². The van der Waals surface area contributed by atoms with E-state index in [1.165, 1.54) is 0 Å². The lowest BCUT2D eigenvalue weighted by Crippen LogP contribution is -2.48. The maximum absolute atomic E-state index is 12.5. The molecule has 0 saturated carbocycles. The third-order valence-electron chi connectivity index (χ3n) is 4.17. The summed E-state index contributed by atoms with van der Waals surface area (Å²) < 4.78 is 0. The van der Waals surface area contributed by atoms with Crippen molar-refractivity contribution >= 4 is 35.1 Å². The van der Waals surface area contributed by atoms with Crippen LogP contribution in [0.4, 0.5) is 0 Å². The third-order valence-corrected chi connectivity index (χ3v) is 4.72. The van der Waals surface area contributed by atoms with E-state index in [4.69, 9.17) is 28.3 Å². The number of likely N-dealkylation sites (N-methyl/N-ethyl adjacent to an activating group) is 1. The second-order valence-electron chi connectivity index (χ2n) is 5.60. The minimum Gasteiger partial charge on any atom is -0.480 e. The van der Waals surface area contributed by atoms with Crippen molar-refractivity contribution in [1.29, 1.82) is 0 Å². The molecule has 7 heteroatoms. The Morgan fingerprint density at radius 3 is 2.48 bits per heavy atom. The second kappa shape index (κ2) is 7.99. The fourth-order valence-corrected chi connectivity index (χ4v) is 3.43. The molecular weight excluding hydrogens is 339 g/mol. The molecule has 5 nitrogen and oxygen atoms in total. The van der Waals surface area contributed by atoms with Gasteiger partial charge in [-0.2, -0.15) is 0 Å². The van der Waals surface area contributed by atoms with Crippen LogP contribution in [0, 0.1) is 0 Å². The van der Waals surface area contributed by atoms with Gasteiger partial charge in [-0.15, -0.1) is 0 Å². The van der Waals surface area contributed by atoms with Crippen molar-refractivity contribution in [3.63, 3.8) is 0 Å². The van der Waals surface area contributed by atoms with Crippen LogP contribution in [0.5, 0.6) is 0 Å². The van der Waals surface area contributed by atoms with Crippen LogP contribution in [0.1, 0.15) is 30.1 Å². The van der Waals surface area contributed by atoms with Crippen molar-refractivity contribution in [3.8, 4) is 0 Å². The highest BCUT2D eigenvalue weighted by Crippen LogP contribution is 2.24. The Labute approximate surface area is 145 Å². The number of aliphatic carboxylic acids is 1. The van der Waals surface area contributed by atoms with Gasteiger partial charge in [-0.3, -0.25) is 14.5 Å². The Bertz CT molecular complexity index is 587. The van der Waals surface area contributed by atoms with Crippen molar-refractivity contribution in [2.45, 2.75) is 25.8 Å². The van der Waals surface area contributed by atoms with Gasteiger partial charge >= 0.3 is 5.97 Å². The van der Waals surface area contributed by atoms with Gasteiger partial charge in [-0.25, -0.2) is 0 Å². The zero-order valence-electron chi connectivity index (χ0n) is 13.0. The first kappa shape index (κ1) is 18.0. The minimum absolute atomic E-state index is 0.0398. The summed E-state index contributed by atoms with van der Waals surface area (Å²) in [6, 6.07) is 5.05. The normalized spacial score (nSPS) is 15.9. The van der Waals surface area contributed by atoms with Crippen LogP contribution in [0.2, 0.25) is 10.0 Å². The third kappa shape index (κ3) is 4.59. The largest absolute Gasteiger partial charge is 0.480 e. The average Bonchev–Trinajstić information content (AvgIpc) is 2.52. The molecule has 0 atom stereocenters. The quantitative estimate of drug-likeness (QED) is 0.878. The Balaban J connectivity index is 1.98.